The largest absolute Gasteiger partial charge is 0.410 e. The van der Waals surface area contributed by atoms with E-state index in [1.807, 2.05) is 19.9 Å². The third-order valence-electron chi connectivity index (χ3n) is 5.27. The maximum atomic E-state index is 9.08. The summed E-state index contributed by atoms with van der Waals surface area (Å²) < 4.78 is 12.3. The van der Waals surface area contributed by atoms with Crippen LogP contribution in [0.3, 0.4) is 0 Å². The minimum Gasteiger partial charge on any atom is -0.410 e. The van der Waals surface area contributed by atoms with E-state index >= 15 is 0 Å². The fourth-order valence-electron chi connectivity index (χ4n) is 2.34. The van der Waals surface area contributed by atoms with E-state index < -0.39 is 8.32 Å². The van der Waals surface area contributed by atoms with Crippen LogP contribution in [-0.4, -0.2) is 44.3 Å². The molecule has 0 spiro atoms. The molecule has 1 aromatic rings. The summed E-state index contributed by atoms with van der Waals surface area (Å²) in [6.45, 7) is 18.3. The number of hydrogen-bond acceptors (Lipinski definition) is 5. The Morgan fingerprint density at radius 3 is 2.55 bits per heavy atom. The lowest BCUT2D eigenvalue weighted by atomic mass is 10.1. The van der Waals surface area contributed by atoms with Crippen LogP contribution in [0.15, 0.2) is 22.1 Å². The summed E-state index contributed by atoms with van der Waals surface area (Å²) in [4.78, 5) is 4.55. The Labute approximate surface area is 187 Å². The number of halogens is 1. The maximum Gasteiger partial charge on any atom is 0.192 e. The minimum absolute atomic E-state index is 0.0528. The molecule has 2 atom stereocenters. The van der Waals surface area contributed by atoms with E-state index in [-0.39, 0.29) is 23.7 Å². The van der Waals surface area contributed by atoms with Crippen LogP contribution >= 0.6 is 22.9 Å². The zero-order valence-electron chi connectivity index (χ0n) is 19.2. The third-order valence-corrected chi connectivity index (χ3v) is 10.8. The van der Waals surface area contributed by atoms with Gasteiger partial charge >= 0.3 is 0 Å². The van der Waals surface area contributed by atoms with E-state index in [0.717, 1.165) is 16.3 Å². The lowest BCUT2D eigenvalue weighted by Gasteiger charge is -2.39. The number of aliphatic hydroxyl groups excluding tert-OH is 1. The highest BCUT2D eigenvalue weighted by molar-refractivity contribution is 7.09. The Morgan fingerprint density at radius 2 is 2.03 bits per heavy atom. The van der Waals surface area contributed by atoms with E-state index in [2.05, 4.69) is 57.2 Å². The van der Waals surface area contributed by atoms with Gasteiger partial charge in [-0.3, -0.25) is 0 Å². The van der Waals surface area contributed by atoms with Crippen molar-refractivity contribution >= 4 is 37.3 Å². The van der Waals surface area contributed by atoms with E-state index in [9.17, 15) is 0 Å². The van der Waals surface area contributed by atoms with Crippen molar-refractivity contribution in [1.82, 2.24) is 4.98 Å². The Hall–Kier alpha value is -0.503. The van der Waals surface area contributed by atoms with Gasteiger partial charge < -0.3 is 14.3 Å². The fourth-order valence-corrected chi connectivity index (χ4v) is 4.42. The minimum atomic E-state index is -1.95. The molecule has 0 amide bonds. The molecule has 29 heavy (non-hydrogen) atoms. The average Bonchev–Trinajstić information content (AvgIpc) is 3.01. The smallest absolute Gasteiger partial charge is 0.192 e. The van der Waals surface area contributed by atoms with Crippen molar-refractivity contribution in [2.24, 2.45) is 5.92 Å². The summed E-state index contributed by atoms with van der Waals surface area (Å²) in [6, 6.07) is 0. The molecule has 1 N–H and O–H groups in total. The van der Waals surface area contributed by atoms with Gasteiger partial charge in [-0.25, -0.2) is 4.98 Å². The first-order valence-corrected chi connectivity index (χ1v) is 14.3. The molecule has 0 aliphatic heterocycles. The third kappa shape index (κ3) is 9.45. The second-order valence-corrected chi connectivity index (χ2v) is 15.5. The summed E-state index contributed by atoms with van der Waals surface area (Å²) >= 11 is 8.03. The molecule has 1 rings (SSSR count). The first kappa shape index (κ1) is 26.5. The van der Waals surface area contributed by atoms with E-state index in [1.54, 1.807) is 11.3 Å². The van der Waals surface area contributed by atoms with Gasteiger partial charge in [-0.1, -0.05) is 45.4 Å². The molecule has 4 nitrogen and oxygen atoms in total. The van der Waals surface area contributed by atoms with Gasteiger partial charge in [0, 0.05) is 22.9 Å². The molecule has 0 fully saturated rings. The molecule has 0 saturated heterocycles. The SMILES string of the molecule is CC(=Cc1csc(C)n1)[C@H](CC=C(Cl)COC[C@@H](C)CO)O[Si](C)(C)C(C)(C)C. The van der Waals surface area contributed by atoms with Gasteiger partial charge in [0.2, 0.25) is 0 Å². The number of thiazole rings is 1. The topological polar surface area (TPSA) is 51.6 Å². The highest BCUT2D eigenvalue weighted by Gasteiger charge is 2.39. The van der Waals surface area contributed by atoms with Gasteiger partial charge in [0.1, 0.15) is 0 Å². The number of ether oxygens (including phenoxy) is 1. The number of aryl methyl sites for hydroxylation is 1. The Morgan fingerprint density at radius 1 is 1.38 bits per heavy atom. The molecule has 7 heteroatoms. The average molecular weight is 460 g/mol. The van der Waals surface area contributed by atoms with Crippen molar-refractivity contribution in [3.05, 3.63) is 32.8 Å². The molecule has 166 valence electrons. The highest BCUT2D eigenvalue weighted by Crippen LogP contribution is 2.38. The van der Waals surface area contributed by atoms with Crippen LogP contribution < -0.4 is 0 Å². The monoisotopic (exact) mass is 459 g/mol. The molecule has 0 aliphatic rings. The summed E-state index contributed by atoms with van der Waals surface area (Å²) in [5.74, 6) is 0.112. The van der Waals surface area contributed by atoms with Gasteiger partial charge in [-0.2, -0.15) is 0 Å². The van der Waals surface area contributed by atoms with E-state index in [4.69, 9.17) is 25.9 Å². The molecular formula is C22H38ClNO3SSi. The number of rotatable bonds is 11. The normalized spacial score (nSPS) is 16.2. The molecule has 0 radical (unpaired) electrons. The number of aliphatic hydroxyl groups is 1. The van der Waals surface area contributed by atoms with Gasteiger partial charge in [-0.15, -0.1) is 11.3 Å². The second-order valence-electron chi connectivity index (χ2n) is 9.24. The van der Waals surface area contributed by atoms with Crippen LogP contribution in [0, 0.1) is 12.8 Å². The Bertz CT molecular complexity index is 694. The number of nitrogens with zero attached hydrogens (tertiary/aromatic N) is 1. The van der Waals surface area contributed by atoms with Crippen LogP contribution in [0.2, 0.25) is 18.1 Å². The summed E-state index contributed by atoms with van der Waals surface area (Å²) in [5, 5.41) is 13.0. The predicted octanol–water partition coefficient (Wildman–Crippen LogP) is 6.40. The van der Waals surface area contributed by atoms with Gasteiger partial charge in [0.15, 0.2) is 8.32 Å². The molecule has 0 unspecified atom stereocenters. The molecule has 0 aromatic carbocycles. The Kier molecular flexibility index (Phi) is 10.8. The van der Waals surface area contributed by atoms with Gasteiger partial charge in [0.05, 0.1) is 30.0 Å². The summed E-state index contributed by atoms with van der Waals surface area (Å²) in [7, 11) is -1.95. The molecule has 0 saturated carbocycles. The standard InChI is InChI=1S/C22H38ClNO3SSi/c1-16(12-25)13-26-14-19(23)9-10-21(27-29(7,8)22(4,5)6)17(2)11-20-15-28-18(3)24-20/h9,11,15-16,21,25H,10,12-14H2,1-8H3/t16-,21-/m0/s1. The zero-order valence-corrected chi connectivity index (χ0v) is 21.8. The lowest BCUT2D eigenvalue weighted by molar-refractivity contribution is 0.0961. The molecule has 1 aromatic heterocycles. The first-order valence-electron chi connectivity index (χ1n) is 10.2. The second kappa shape index (κ2) is 11.8. The van der Waals surface area contributed by atoms with E-state index in [1.165, 1.54) is 0 Å². The van der Waals surface area contributed by atoms with Crippen molar-refractivity contribution in [1.29, 1.82) is 0 Å². The highest BCUT2D eigenvalue weighted by atomic mass is 35.5. The van der Waals surface area contributed by atoms with Crippen molar-refractivity contribution < 1.29 is 14.3 Å². The van der Waals surface area contributed by atoms with Crippen LogP contribution in [0.5, 0.6) is 0 Å². The van der Waals surface area contributed by atoms with Crippen LogP contribution in [-0.2, 0) is 9.16 Å². The Balaban J connectivity index is 2.92. The van der Waals surface area contributed by atoms with Crippen molar-refractivity contribution in [2.45, 2.75) is 72.2 Å². The maximum absolute atomic E-state index is 9.08. The van der Waals surface area contributed by atoms with Crippen LogP contribution in [0.1, 0.15) is 51.7 Å². The van der Waals surface area contributed by atoms with Crippen molar-refractivity contribution in [3.8, 4) is 0 Å². The summed E-state index contributed by atoms with van der Waals surface area (Å²) in [6.07, 6.45) is 4.74. The lowest BCUT2D eigenvalue weighted by Crippen LogP contribution is -2.44. The molecule has 0 aliphatic carbocycles. The van der Waals surface area contributed by atoms with Crippen molar-refractivity contribution in [2.75, 3.05) is 19.8 Å². The van der Waals surface area contributed by atoms with Crippen molar-refractivity contribution in [3.63, 3.8) is 0 Å². The predicted molar refractivity (Wildman–Crippen MR) is 128 cm³/mol. The van der Waals surface area contributed by atoms with Gasteiger partial charge in [-0.05, 0) is 50.0 Å². The quantitative estimate of drug-likeness (QED) is 0.389. The number of hydrogen-bond donors (Lipinski definition) is 1. The summed E-state index contributed by atoms with van der Waals surface area (Å²) in [5.41, 5.74) is 2.13. The van der Waals surface area contributed by atoms with E-state index in [0.29, 0.717) is 24.7 Å². The molecule has 1 heterocycles. The van der Waals surface area contributed by atoms with Crippen LogP contribution in [0.4, 0.5) is 0 Å². The first-order chi connectivity index (χ1) is 13.4. The molecular weight excluding hydrogens is 422 g/mol. The fraction of sp³-hybridized carbons (Fsp3) is 0.682. The zero-order chi connectivity index (χ0) is 22.2. The van der Waals surface area contributed by atoms with Crippen LogP contribution in [0.25, 0.3) is 6.08 Å². The molecule has 0 bridgehead atoms. The number of aromatic nitrogens is 1. The van der Waals surface area contributed by atoms with Gasteiger partial charge in [0.25, 0.3) is 0 Å².